The van der Waals surface area contributed by atoms with E-state index in [-0.39, 0.29) is 0 Å². The fourth-order valence-corrected chi connectivity index (χ4v) is 1.13. The summed E-state index contributed by atoms with van der Waals surface area (Å²) in [5, 5.41) is 14.7. The van der Waals surface area contributed by atoms with Crippen molar-refractivity contribution in [2.75, 3.05) is 5.32 Å². The highest BCUT2D eigenvalue weighted by atomic mass is 16.4. The highest BCUT2D eigenvalue weighted by Gasteiger charge is 2.03. The summed E-state index contributed by atoms with van der Waals surface area (Å²) in [5.41, 5.74) is 0.410. The summed E-state index contributed by atoms with van der Waals surface area (Å²) in [6.45, 7) is 0. The molecule has 1 amide bonds. The summed E-state index contributed by atoms with van der Waals surface area (Å²) in [6.07, 6.45) is 3.50. The van der Waals surface area contributed by atoms with Crippen LogP contribution in [-0.2, 0) is 0 Å². The molecule has 0 spiro atoms. The lowest BCUT2D eigenvalue weighted by molar-refractivity contribution is 0.210. The molecule has 0 aliphatic carbocycles. The van der Waals surface area contributed by atoms with Gasteiger partial charge in [-0.2, -0.15) is 5.10 Å². The third kappa shape index (κ3) is 2.11. The van der Waals surface area contributed by atoms with Crippen LogP contribution in [0, 0.1) is 0 Å². The molecule has 0 aromatic carbocycles. The lowest BCUT2D eigenvalue weighted by atomic mass is 10.5. The third-order valence-corrected chi connectivity index (χ3v) is 1.72. The number of amides is 1. The maximum Gasteiger partial charge on any atom is 0.409 e. The zero-order valence-electron chi connectivity index (χ0n) is 7.66. The van der Waals surface area contributed by atoms with Gasteiger partial charge in [-0.25, -0.2) is 14.5 Å². The quantitative estimate of drug-likeness (QED) is 0.773. The predicted octanol–water partition coefficient (Wildman–Crippen LogP) is 1.36. The van der Waals surface area contributed by atoms with Crippen molar-refractivity contribution in [2.24, 2.45) is 0 Å². The highest BCUT2D eigenvalue weighted by molar-refractivity contribution is 5.82. The molecule has 2 aromatic heterocycles. The van der Waals surface area contributed by atoms with Crippen LogP contribution in [0.5, 0.6) is 0 Å². The lowest BCUT2D eigenvalue weighted by Gasteiger charge is -1.97. The van der Waals surface area contributed by atoms with Crippen LogP contribution in [0.15, 0.2) is 36.8 Å². The number of aromatic nitrogens is 3. The average Bonchev–Trinajstić information content (AvgIpc) is 2.67. The summed E-state index contributed by atoms with van der Waals surface area (Å²) in [5.74, 6) is 0.635. The van der Waals surface area contributed by atoms with Crippen LogP contribution in [0.1, 0.15) is 0 Å². The van der Waals surface area contributed by atoms with E-state index in [1.165, 1.54) is 10.9 Å². The normalized spacial score (nSPS) is 9.87. The minimum atomic E-state index is -1.12. The van der Waals surface area contributed by atoms with Gasteiger partial charge in [0.15, 0.2) is 5.82 Å². The fourth-order valence-electron chi connectivity index (χ4n) is 1.13. The van der Waals surface area contributed by atoms with Crippen LogP contribution in [0.25, 0.3) is 5.82 Å². The van der Waals surface area contributed by atoms with Gasteiger partial charge >= 0.3 is 6.09 Å². The standard InChI is InChI=1S/C9H8N4O2/c14-9(15)12-7-5-11-13(6-7)8-3-1-2-4-10-8/h1-6,12H,(H,14,15). The highest BCUT2D eigenvalue weighted by Crippen LogP contribution is 2.08. The Morgan fingerprint density at radius 2 is 2.33 bits per heavy atom. The van der Waals surface area contributed by atoms with Gasteiger partial charge < -0.3 is 5.11 Å². The fraction of sp³-hybridized carbons (Fsp3) is 0. The van der Waals surface area contributed by atoms with E-state index >= 15 is 0 Å². The predicted molar refractivity (Wildman–Crippen MR) is 53.0 cm³/mol. The van der Waals surface area contributed by atoms with Crippen molar-refractivity contribution < 1.29 is 9.90 Å². The van der Waals surface area contributed by atoms with Gasteiger partial charge in [-0.05, 0) is 12.1 Å². The Hall–Kier alpha value is -2.37. The maximum atomic E-state index is 10.4. The molecule has 6 heteroatoms. The van der Waals surface area contributed by atoms with Crippen LogP contribution in [-0.4, -0.2) is 26.0 Å². The van der Waals surface area contributed by atoms with Crippen LogP contribution < -0.4 is 5.32 Å². The van der Waals surface area contributed by atoms with Gasteiger partial charge in [0.05, 0.1) is 18.1 Å². The number of hydrogen-bond donors (Lipinski definition) is 2. The number of nitrogens with one attached hydrogen (secondary N) is 1. The topological polar surface area (TPSA) is 80.0 Å². The largest absolute Gasteiger partial charge is 0.465 e. The molecule has 0 saturated heterocycles. The van der Waals surface area contributed by atoms with Crippen molar-refractivity contribution in [3.63, 3.8) is 0 Å². The molecular formula is C9H8N4O2. The molecule has 0 fully saturated rings. The van der Waals surface area contributed by atoms with Gasteiger partial charge in [-0.3, -0.25) is 5.32 Å². The van der Waals surface area contributed by atoms with Gasteiger partial charge in [0.25, 0.3) is 0 Å². The van der Waals surface area contributed by atoms with Gasteiger partial charge in [0.1, 0.15) is 0 Å². The van der Waals surface area contributed by atoms with Gasteiger partial charge in [-0.1, -0.05) is 6.07 Å². The molecule has 0 bridgehead atoms. The minimum absolute atomic E-state index is 0.410. The molecule has 2 heterocycles. The van der Waals surface area contributed by atoms with Crippen molar-refractivity contribution in [3.05, 3.63) is 36.8 Å². The number of carbonyl (C=O) groups is 1. The molecule has 6 nitrogen and oxygen atoms in total. The first-order valence-electron chi connectivity index (χ1n) is 4.22. The first-order valence-corrected chi connectivity index (χ1v) is 4.22. The third-order valence-electron chi connectivity index (χ3n) is 1.72. The van der Waals surface area contributed by atoms with E-state index in [2.05, 4.69) is 15.4 Å². The molecule has 2 N–H and O–H groups in total. The number of hydrogen-bond acceptors (Lipinski definition) is 3. The molecule has 0 radical (unpaired) electrons. The summed E-state index contributed by atoms with van der Waals surface area (Å²) < 4.78 is 1.49. The van der Waals surface area contributed by atoms with Gasteiger partial charge in [0, 0.05) is 6.20 Å². The number of anilines is 1. The molecule has 0 atom stereocenters. The number of carboxylic acid groups (broad SMARTS) is 1. The van der Waals surface area contributed by atoms with Crippen LogP contribution in [0.2, 0.25) is 0 Å². The number of rotatable bonds is 2. The summed E-state index contributed by atoms with van der Waals surface area (Å²) in [4.78, 5) is 14.4. The summed E-state index contributed by atoms with van der Waals surface area (Å²) in [6, 6.07) is 5.40. The monoisotopic (exact) mass is 204 g/mol. The molecule has 76 valence electrons. The van der Waals surface area contributed by atoms with E-state index < -0.39 is 6.09 Å². The lowest BCUT2D eigenvalue weighted by Crippen LogP contribution is -2.06. The van der Waals surface area contributed by atoms with Gasteiger partial charge in [0.2, 0.25) is 0 Å². The van der Waals surface area contributed by atoms with Crippen molar-refractivity contribution in [2.45, 2.75) is 0 Å². The van der Waals surface area contributed by atoms with E-state index in [4.69, 9.17) is 5.11 Å². The second kappa shape index (κ2) is 3.79. The van der Waals surface area contributed by atoms with E-state index in [1.54, 1.807) is 24.5 Å². The molecular weight excluding hydrogens is 196 g/mol. The van der Waals surface area contributed by atoms with Crippen molar-refractivity contribution in [1.29, 1.82) is 0 Å². The Balaban J connectivity index is 2.24. The Labute approximate surface area is 85.2 Å². The molecule has 2 aromatic rings. The molecule has 2 rings (SSSR count). The second-order valence-corrected chi connectivity index (χ2v) is 2.79. The van der Waals surface area contributed by atoms with Gasteiger partial charge in [-0.15, -0.1) is 0 Å². The summed E-state index contributed by atoms with van der Waals surface area (Å²) in [7, 11) is 0. The van der Waals surface area contributed by atoms with Crippen LogP contribution in [0.4, 0.5) is 10.5 Å². The molecule has 0 aliphatic heterocycles. The first-order chi connectivity index (χ1) is 7.25. The Morgan fingerprint density at radius 3 is 3.00 bits per heavy atom. The second-order valence-electron chi connectivity index (χ2n) is 2.79. The first kappa shape index (κ1) is 9.20. The van der Waals surface area contributed by atoms with E-state index in [1.807, 2.05) is 6.07 Å². The molecule has 0 unspecified atom stereocenters. The maximum absolute atomic E-state index is 10.4. The van der Waals surface area contributed by atoms with E-state index in [9.17, 15) is 4.79 Å². The van der Waals surface area contributed by atoms with Crippen LogP contribution in [0.3, 0.4) is 0 Å². The van der Waals surface area contributed by atoms with Crippen molar-refractivity contribution >= 4 is 11.8 Å². The molecule has 0 saturated carbocycles. The Kier molecular flexibility index (Phi) is 2.32. The zero-order valence-corrected chi connectivity index (χ0v) is 7.66. The van der Waals surface area contributed by atoms with Crippen molar-refractivity contribution in [1.82, 2.24) is 14.8 Å². The van der Waals surface area contributed by atoms with E-state index in [0.717, 1.165) is 0 Å². The average molecular weight is 204 g/mol. The number of nitrogens with zero attached hydrogens (tertiary/aromatic N) is 3. The molecule has 15 heavy (non-hydrogen) atoms. The summed E-state index contributed by atoms with van der Waals surface area (Å²) >= 11 is 0. The van der Waals surface area contributed by atoms with Crippen LogP contribution >= 0.6 is 0 Å². The minimum Gasteiger partial charge on any atom is -0.465 e. The number of pyridine rings is 1. The molecule has 0 aliphatic rings. The van der Waals surface area contributed by atoms with Crippen molar-refractivity contribution in [3.8, 4) is 5.82 Å². The Bertz CT molecular complexity index is 466. The smallest absolute Gasteiger partial charge is 0.409 e. The van der Waals surface area contributed by atoms with E-state index in [0.29, 0.717) is 11.5 Å². The SMILES string of the molecule is O=C(O)Nc1cnn(-c2ccccn2)c1. The Morgan fingerprint density at radius 1 is 1.47 bits per heavy atom. The zero-order chi connectivity index (χ0) is 10.7.